The van der Waals surface area contributed by atoms with Gasteiger partial charge in [0.1, 0.15) is 29.5 Å². The van der Waals surface area contributed by atoms with Crippen LogP contribution in [0.1, 0.15) is 79.1 Å². The quantitative estimate of drug-likeness (QED) is 0.294. The molecule has 3 fully saturated rings. The number of halogens is 3. The number of carbonyl (C=O) groups excluding carboxylic acids is 4. The van der Waals surface area contributed by atoms with Crippen molar-refractivity contribution in [2.75, 3.05) is 13.7 Å². The van der Waals surface area contributed by atoms with Crippen LogP contribution in [0, 0.1) is 17.8 Å². The summed E-state index contributed by atoms with van der Waals surface area (Å²) in [5.41, 5.74) is -4.51. The number of hydrogen-bond acceptors (Lipinski definition) is 10. The first-order chi connectivity index (χ1) is 26.8. The highest BCUT2D eigenvalue weighted by atomic mass is 32.2. The van der Waals surface area contributed by atoms with E-state index < -0.39 is 86.4 Å². The topological polar surface area (TPSA) is 182 Å². The van der Waals surface area contributed by atoms with Gasteiger partial charge in [0.25, 0.3) is 5.91 Å². The zero-order valence-corrected chi connectivity index (χ0v) is 33.4. The van der Waals surface area contributed by atoms with E-state index in [-0.39, 0.29) is 31.2 Å². The molecule has 0 bridgehead atoms. The molecule has 4 aliphatic rings. The number of hydrogen-bond donors (Lipinski definition) is 3. The largest absolute Gasteiger partial charge is 0.496 e. The molecule has 18 heteroatoms. The molecule has 1 aromatic carbocycles. The molecule has 0 radical (unpaired) electrons. The molecule has 3 N–H and O–H groups in total. The third-order valence-corrected chi connectivity index (χ3v) is 13.3. The van der Waals surface area contributed by atoms with E-state index in [1.165, 1.54) is 18.2 Å². The average Bonchev–Trinajstić information content (AvgIpc) is 4.07. The molecule has 1 aromatic heterocycles. The number of rotatable bonds is 9. The third kappa shape index (κ3) is 8.94. The second kappa shape index (κ2) is 16.0. The standard InChI is InChI=1S/C39H50F3N5O9S/c1-6-23-18-22(2)10-7-8-11-24-20-38(24,35(50)46-57(52,53)26-14-15-26)45-32(48)29-19-25(55-33-28-12-9-13-30(54-5)27(28)16-17-43-33)21-47(29)34(49)31(23)44-36(51)56-37(3,4)39(40,41)42/h8-9,11-13,16-17,22-26,29,31H,6-7,10,14-15,18-21H2,1-5H3,(H,44,51)(H,45,48)(H,46,50)/t22-,23+,24+,25+,29-,31-,38+/m0/s1. The molecule has 0 unspecified atom stereocenters. The number of alkyl halides is 3. The summed E-state index contributed by atoms with van der Waals surface area (Å²) in [5.74, 6) is -2.81. The summed E-state index contributed by atoms with van der Waals surface area (Å²) in [6.07, 6.45) is 0.690. The zero-order chi connectivity index (χ0) is 41.5. The minimum absolute atomic E-state index is 0.0277. The van der Waals surface area contributed by atoms with Gasteiger partial charge in [-0.15, -0.1) is 0 Å². The van der Waals surface area contributed by atoms with Gasteiger partial charge in [0, 0.05) is 29.3 Å². The maximum atomic E-state index is 14.8. The lowest BCUT2D eigenvalue weighted by atomic mass is 9.85. The van der Waals surface area contributed by atoms with Crippen LogP contribution >= 0.6 is 0 Å². The second-order valence-electron chi connectivity index (χ2n) is 16.1. The van der Waals surface area contributed by atoms with Crippen molar-refractivity contribution >= 4 is 44.6 Å². The van der Waals surface area contributed by atoms with E-state index in [0.717, 1.165) is 0 Å². The Hall–Kier alpha value is -4.61. The van der Waals surface area contributed by atoms with Crippen LogP contribution in [0.3, 0.4) is 0 Å². The maximum absolute atomic E-state index is 14.8. The fourth-order valence-corrected chi connectivity index (χ4v) is 9.11. The average molecular weight is 822 g/mol. The van der Waals surface area contributed by atoms with Crippen LogP contribution in [-0.4, -0.2) is 96.5 Å². The van der Waals surface area contributed by atoms with E-state index in [2.05, 4.69) is 20.3 Å². The second-order valence-corrected chi connectivity index (χ2v) is 18.1. The van der Waals surface area contributed by atoms with Gasteiger partial charge in [0.2, 0.25) is 33.3 Å². The Bertz CT molecular complexity index is 2020. The van der Waals surface area contributed by atoms with Crippen LogP contribution in [0.4, 0.5) is 18.0 Å². The molecule has 7 atom stereocenters. The first-order valence-corrected chi connectivity index (χ1v) is 20.8. The van der Waals surface area contributed by atoms with Gasteiger partial charge in [-0.05, 0) is 82.4 Å². The molecule has 2 saturated carbocycles. The Balaban J connectivity index is 1.37. The molecule has 4 amide bonds. The van der Waals surface area contributed by atoms with Crippen LogP contribution in [0.2, 0.25) is 0 Å². The van der Waals surface area contributed by atoms with Gasteiger partial charge in [-0.25, -0.2) is 18.2 Å². The van der Waals surface area contributed by atoms with E-state index in [1.807, 2.05) is 13.0 Å². The van der Waals surface area contributed by atoms with E-state index in [9.17, 15) is 40.8 Å². The normalized spacial score (nSPS) is 28.6. The van der Waals surface area contributed by atoms with Crippen molar-refractivity contribution in [2.24, 2.45) is 17.8 Å². The number of amides is 4. The van der Waals surface area contributed by atoms with E-state index in [4.69, 9.17) is 14.2 Å². The highest BCUT2D eigenvalue weighted by Crippen LogP contribution is 2.46. The van der Waals surface area contributed by atoms with Gasteiger partial charge < -0.3 is 29.7 Å². The number of nitrogens with zero attached hydrogens (tertiary/aromatic N) is 2. The highest BCUT2D eigenvalue weighted by molar-refractivity contribution is 7.91. The Morgan fingerprint density at radius 2 is 1.82 bits per heavy atom. The van der Waals surface area contributed by atoms with Crippen LogP contribution in [0.25, 0.3) is 10.8 Å². The molecule has 3 heterocycles. The number of methoxy groups -OCH3 is 1. The number of alkyl carbamates (subject to hydrolysis) is 1. The number of pyridine rings is 1. The fourth-order valence-electron chi connectivity index (χ4n) is 7.74. The first-order valence-electron chi connectivity index (χ1n) is 19.3. The van der Waals surface area contributed by atoms with Crippen LogP contribution < -0.4 is 24.8 Å². The lowest BCUT2D eigenvalue weighted by molar-refractivity contribution is -0.244. The highest BCUT2D eigenvalue weighted by Gasteiger charge is 2.62. The molecule has 57 heavy (non-hydrogen) atoms. The number of allylic oxidation sites excluding steroid dienone is 1. The first kappa shape index (κ1) is 42.0. The van der Waals surface area contributed by atoms with Gasteiger partial charge in [-0.1, -0.05) is 38.5 Å². The van der Waals surface area contributed by atoms with Crippen molar-refractivity contribution in [3.63, 3.8) is 0 Å². The zero-order valence-electron chi connectivity index (χ0n) is 32.6. The number of aromatic nitrogens is 1. The lowest BCUT2D eigenvalue weighted by Crippen LogP contribution is -2.59. The Morgan fingerprint density at radius 3 is 2.49 bits per heavy atom. The third-order valence-electron chi connectivity index (χ3n) is 11.5. The van der Waals surface area contributed by atoms with Crippen molar-refractivity contribution in [3.8, 4) is 11.6 Å². The Kier molecular flexibility index (Phi) is 11.8. The summed E-state index contributed by atoms with van der Waals surface area (Å²) < 4.78 is 85.9. The number of benzene rings is 1. The molecule has 14 nitrogen and oxygen atoms in total. The molecule has 2 aromatic rings. The number of sulfonamides is 1. The molecule has 312 valence electrons. The summed E-state index contributed by atoms with van der Waals surface area (Å²) in [6.45, 7) is 4.95. The molecule has 0 spiro atoms. The summed E-state index contributed by atoms with van der Waals surface area (Å²) in [6, 6.07) is 4.30. The van der Waals surface area contributed by atoms with Crippen molar-refractivity contribution in [3.05, 3.63) is 42.6 Å². The van der Waals surface area contributed by atoms with E-state index in [1.54, 1.807) is 37.3 Å². The van der Waals surface area contributed by atoms with Gasteiger partial charge in [0.15, 0.2) is 0 Å². The number of fused-ring (bicyclic) bond motifs is 3. The molecule has 1 saturated heterocycles. The predicted octanol–water partition coefficient (Wildman–Crippen LogP) is 4.91. The summed E-state index contributed by atoms with van der Waals surface area (Å²) in [7, 11) is -2.46. The van der Waals surface area contributed by atoms with E-state index in [0.29, 0.717) is 68.9 Å². The summed E-state index contributed by atoms with van der Waals surface area (Å²) in [4.78, 5) is 61.9. The van der Waals surface area contributed by atoms with Gasteiger partial charge >= 0.3 is 12.3 Å². The Morgan fingerprint density at radius 1 is 1.09 bits per heavy atom. The lowest BCUT2D eigenvalue weighted by Gasteiger charge is -2.35. The predicted molar refractivity (Wildman–Crippen MR) is 201 cm³/mol. The monoisotopic (exact) mass is 821 g/mol. The molecular weight excluding hydrogens is 772 g/mol. The number of nitrogens with one attached hydrogen (secondary N) is 3. The van der Waals surface area contributed by atoms with Crippen molar-refractivity contribution in [2.45, 2.75) is 120 Å². The van der Waals surface area contributed by atoms with Crippen LogP contribution in [-0.2, 0) is 29.1 Å². The minimum Gasteiger partial charge on any atom is -0.496 e. The molecule has 2 aliphatic heterocycles. The number of ether oxygens (including phenoxy) is 3. The molecule has 2 aliphatic carbocycles. The smallest absolute Gasteiger partial charge is 0.427 e. The SMILES string of the molecule is CC[C@@H]1C[C@@H](C)CCC=C[C@@H]2C[C@@]2(C(=O)NS(=O)(=O)C2CC2)NC(=O)[C@@H]2C[C@@H](Oc3nccc4c(OC)cccc34)CN2C(=O)[C@H]1NC(=O)OC(C)(C)C(F)(F)F. The Labute approximate surface area is 329 Å². The maximum Gasteiger partial charge on any atom is 0.427 e. The minimum atomic E-state index is -4.91. The van der Waals surface area contributed by atoms with Crippen LogP contribution in [0.15, 0.2) is 42.6 Å². The van der Waals surface area contributed by atoms with Gasteiger partial charge in [-0.3, -0.25) is 19.1 Å². The van der Waals surface area contributed by atoms with Crippen LogP contribution in [0.5, 0.6) is 11.6 Å². The van der Waals surface area contributed by atoms with Crippen molar-refractivity contribution in [1.82, 2.24) is 25.2 Å². The van der Waals surface area contributed by atoms with Gasteiger partial charge in [-0.2, -0.15) is 13.2 Å². The van der Waals surface area contributed by atoms with Crippen molar-refractivity contribution < 1.29 is 55.0 Å². The number of carbonyl (C=O) groups is 4. The fraction of sp³-hybridized carbons (Fsp3) is 0.615. The van der Waals surface area contributed by atoms with E-state index >= 15 is 0 Å². The summed E-state index contributed by atoms with van der Waals surface area (Å²) in [5, 5.41) is 5.81. The van der Waals surface area contributed by atoms with Crippen molar-refractivity contribution in [1.29, 1.82) is 0 Å². The van der Waals surface area contributed by atoms with Gasteiger partial charge in [0.05, 0.1) is 18.9 Å². The summed E-state index contributed by atoms with van der Waals surface area (Å²) >= 11 is 0. The molecule has 6 rings (SSSR count). The molecular formula is C39H50F3N5O9S.